The number of allylic oxidation sites excluding steroid dienone is 4. The Bertz CT molecular complexity index is 925. The van der Waals surface area contributed by atoms with Crippen molar-refractivity contribution in [1.29, 1.82) is 0 Å². The fourth-order valence-electron chi connectivity index (χ4n) is 3.34. The highest BCUT2D eigenvalue weighted by atomic mass is 14.2. The summed E-state index contributed by atoms with van der Waals surface area (Å²) in [6.07, 6.45) is 6.39. The van der Waals surface area contributed by atoms with Gasteiger partial charge in [0, 0.05) is 0 Å². The van der Waals surface area contributed by atoms with Crippen LogP contribution in [-0.4, -0.2) is 0 Å². The molecule has 3 aromatic carbocycles. The van der Waals surface area contributed by atoms with Crippen LogP contribution in [0.5, 0.6) is 0 Å². The van der Waals surface area contributed by atoms with Gasteiger partial charge in [-0.2, -0.15) is 0 Å². The second-order valence-corrected chi connectivity index (χ2v) is 6.41. The molecule has 0 fully saturated rings. The van der Waals surface area contributed by atoms with Crippen molar-refractivity contribution in [3.05, 3.63) is 89.5 Å². The second-order valence-electron chi connectivity index (χ2n) is 6.41. The van der Waals surface area contributed by atoms with Gasteiger partial charge in [-0.1, -0.05) is 72.8 Å². The molecule has 0 N–H and O–H groups in total. The second kappa shape index (κ2) is 6.88. The molecule has 3 aromatic rings. The molecule has 0 unspecified atom stereocenters. The van der Waals surface area contributed by atoms with Crippen LogP contribution in [0.2, 0.25) is 0 Å². The minimum atomic E-state index is 1.28. The third-order valence-corrected chi connectivity index (χ3v) is 4.50. The number of hydrogen-bond donors (Lipinski definition) is 0. The molecular formula is C24H24. The van der Waals surface area contributed by atoms with Crippen LogP contribution in [0.1, 0.15) is 30.5 Å². The molecule has 0 saturated heterocycles. The normalized spacial score (nSPS) is 12.2. The standard InChI is InChI=1S/C24H24/c1-5-6-10-18(3)22-16-17(2)15-21-14-13-19(4)23(24(21)22)20-11-8-7-9-12-20/h5-16H,1-4H3/b6-5-,18-10+. The average molecular weight is 312 g/mol. The zero-order valence-corrected chi connectivity index (χ0v) is 14.9. The van der Waals surface area contributed by atoms with Crippen molar-refractivity contribution in [2.75, 3.05) is 0 Å². The fourth-order valence-corrected chi connectivity index (χ4v) is 3.34. The number of benzene rings is 3. The average Bonchev–Trinajstić information content (AvgIpc) is 2.60. The predicted octanol–water partition coefficient (Wildman–Crippen LogP) is 7.10. The van der Waals surface area contributed by atoms with E-state index in [0.29, 0.717) is 0 Å². The lowest BCUT2D eigenvalue weighted by Gasteiger charge is -2.16. The molecule has 0 aliphatic carbocycles. The Morgan fingerprint density at radius 2 is 1.67 bits per heavy atom. The summed E-state index contributed by atoms with van der Waals surface area (Å²) in [5, 5.41) is 2.66. The van der Waals surface area contributed by atoms with E-state index in [0.717, 1.165) is 0 Å². The fraction of sp³-hybridized carbons (Fsp3) is 0.167. The van der Waals surface area contributed by atoms with E-state index in [1.165, 1.54) is 44.2 Å². The highest BCUT2D eigenvalue weighted by molar-refractivity contribution is 6.05. The van der Waals surface area contributed by atoms with Crippen molar-refractivity contribution in [2.45, 2.75) is 27.7 Å². The highest BCUT2D eigenvalue weighted by Gasteiger charge is 2.12. The van der Waals surface area contributed by atoms with Gasteiger partial charge in [0.2, 0.25) is 0 Å². The third-order valence-electron chi connectivity index (χ3n) is 4.50. The van der Waals surface area contributed by atoms with Crippen molar-refractivity contribution in [3.8, 4) is 11.1 Å². The van der Waals surface area contributed by atoms with Crippen molar-refractivity contribution in [2.24, 2.45) is 0 Å². The SMILES string of the molecule is C/C=C\C=C(/C)c1cc(C)cc2ccc(C)c(-c3ccccc3)c12. The largest absolute Gasteiger partial charge is 0.0877 e. The molecule has 0 aliphatic rings. The molecule has 120 valence electrons. The van der Waals surface area contributed by atoms with Crippen LogP contribution in [0.3, 0.4) is 0 Å². The number of fused-ring (bicyclic) bond motifs is 1. The van der Waals surface area contributed by atoms with Crippen molar-refractivity contribution < 1.29 is 0 Å². The summed E-state index contributed by atoms with van der Waals surface area (Å²) in [5.74, 6) is 0. The van der Waals surface area contributed by atoms with Crippen LogP contribution in [-0.2, 0) is 0 Å². The molecule has 0 saturated carbocycles. The van der Waals surface area contributed by atoms with E-state index in [1.807, 2.05) is 0 Å². The molecule has 0 nitrogen and oxygen atoms in total. The molecule has 0 aliphatic heterocycles. The van der Waals surface area contributed by atoms with E-state index >= 15 is 0 Å². The first kappa shape index (κ1) is 16.3. The maximum absolute atomic E-state index is 2.31. The van der Waals surface area contributed by atoms with Gasteiger partial charge in [0.1, 0.15) is 0 Å². The van der Waals surface area contributed by atoms with Crippen LogP contribution in [0.25, 0.3) is 27.5 Å². The summed E-state index contributed by atoms with van der Waals surface area (Å²) in [6, 6.07) is 19.8. The third kappa shape index (κ3) is 3.05. The quantitative estimate of drug-likeness (QED) is 0.452. The first-order valence-corrected chi connectivity index (χ1v) is 8.51. The zero-order chi connectivity index (χ0) is 17.1. The zero-order valence-electron chi connectivity index (χ0n) is 14.9. The molecule has 3 rings (SSSR count). The lowest BCUT2D eigenvalue weighted by Crippen LogP contribution is -1.92. The Morgan fingerprint density at radius 3 is 2.38 bits per heavy atom. The van der Waals surface area contributed by atoms with Gasteiger partial charge in [0.05, 0.1) is 0 Å². The summed E-state index contributed by atoms with van der Waals surface area (Å²) < 4.78 is 0. The van der Waals surface area contributed by atoms with Crippen LogP contribution < -0.4 is 0 Å². The minimum Gasteiger partial charge on any atom is -0.0877 e. The van der Waals surface area contributed by atoms with E-state index in [1.54, 1.807) is 0 Å². The van der Waals surface area contributed by atoms with E-state index in [4.69, 9.17) is 0 Å². The van der Waals surface area contributed by atoms with Gasteiger partial charge in [-0.15, -0.1) is 0 Å². The molecule has 0 aromatic heterocycles. The number of hydrogen-bond acceptors (Lipinski definition) is 0. The summed E-state index contributed by atoms with van der Waals surface area (Å²) in [4.78, 5) is 0. The van der Waals surface area contributed by atoms with Crippen molar-refractivity contribution >= 4 is 16.3 Å². The van der Waals surface area contributed by atoms with Gasteiger partial charge in [0.25, 0.3) is 0 Å². The highest BCUT2D eigenvalue weighted by Crippen LogP contribution is 2.37. The van der Waals surface area contributed by atoms with Crippen LogP contribution >= 0.6 is 0 Å². The van der Waals surface area contributed by atoms with Gasteiger partial charge >= 0.3 is 0 Å². The number of rotatable bonds is 3. The van der Waals surface area contributed by atoms with E-state index in [9.17, 15) is 0 Å². The maximum Gasteiger partial charge on any atom is -0.00273 e. The first-order valence-electron chi connectivity index (χ1n) is 8.51. The van der Waals surface area contributed by atoms with E-state index in [2.05, 4.69) is 101 Å². The molecule has 0 spiro atoms. The molecule has 0 heterocycles. The molecule has 0 heteroatoms. The van der Waals surface area contributed by atoms with Crippen molar-refractivity contribution in [3.63, 3.8) is 0 Å². The van der Waals surface area contributed by atoms with Gasteiger partial charge in [-0.25, -0.2) is 0 Å². The minimum absolute atomic E-state index is 1.28. The predicted molar refractivity (Wildman–Crippen MR) is 107 cm³/mol. The lowest BCUT2D eigenvalue weighted by molar-refractivity contribution is 1.44. The van der Waals surface area contributed by atoms with Crippen LogP contribution in [0.15, 0.2) is 72.8 Å². The monoisotopic (exact) mass is 312 g/mol. The van der Waals surface area contributed by atoms with Crippen LogP contribution in [0.4, 0.5) is 0 Å². The van der Waals surface area contributed by atoms with Crippen molar-refractivity contribution in [1.82, 2.24) is 0 Å². The molecule has 24 heavy (non-hydrogen) atoms. The molecular weight excluding hydrogens is 288 g/mol. The first-order chi connectivity index (χ1) is 11.6. The molecule has 0 bridgehead atoms. The van der Waals surface area contributed by atoms with Gasteiger partial charge in [0.15, 0.2) is 0 Å². The van der Waals surface area contributed by atoms with E-state index < -0.39 is 0 Å². The number of aryl methyl sites for hydroxylation is 2. The smallest absolute Gasteiger partial charge is 0.00273 e. The summed E-state index contributed by atoms with van der Waals surface area (Å²) in [5.41, 5.74) is 7.86. The molecule has 0 amide bonds. The Balaban J connectivity index is 2.42. The van der Waals surface area contributed by atoms with Crippen LogP contribution in [0, 0.1) is 13.8 Å². The van der Waals surface area contributed by atoms with Gasteiger partial charge in [-0.05, 0) is 71.9 Å². The Labute approximate surface area is 145 Å². The van der Waals surface area contributed by atoms with Gasteiger partial charge < -0.3 is 0 Å². The van der Waals surface area contributed by atoms with E-state index in [-0.39, 0.29) is 0 Å². The summed E-state index contributed by atoms with van der Waals surface area (Å²) in [7, 11) is 0. The summed E-state index contributed by atoms with van der Waals surface area (Å²) in [6.45, 7) is 8.63. The summed E-state index contributed by atoms with van der Waals surface area (Å²) >= 11 is 0. The molecule has 0 radical (unpaired) electrons. The van der Waals surface area contributed by atoms with Gasteiger partial charge in [-0.3, -0.25) is 0 Å². The Hall–Kier alpha value is -2.60. The topological polar surface area (TPSA) is 0 Å². The Morgan fingerprint density at radius 1 is 0.917 bits per heavy atom. The molecule has 0 atom stereocenters. The Kier molecular flexibility index (Phi) is 4.66. The lowest BCUT2D eigenvalue weighted by atomic mass is 9.88. The maximum atomic E-state index is 2.31.